The molecule has 1 aromatic carbocycles. The van der Waals surface area contributed by atoms with Crippen LogP contribution in [0.2, 0.25) is 0 Å². The number of aliphatic hydroxyl groups excluding tert-OH is 1. The largest absolute Gasteiger partial charge is 0.530 e. The number of aliphatic hydroxyl groups is 1. The summed E-state index contributed by atoms with van der Waals surface area (Å²) >= 11 is 5.35. The van der Waals surface area contributed by atoms with Crippen molar-refractivity contribution in [3.05, 3.63) is 63.2 Å². The van der Waals surface area contributed by atoms with Crippen LogP contribution in [0.5, 0.6) is 5.75 Å². The molecule has 0 aliphatic carbocycles. The molecule has 2 unspecified atom stereocenters. The molecule has 212 valence electrons. The number of aromatic nitrogens is 2. The summed E-state index contributed by atoms with van der Waals surface area (Å²) in [6, 6.07) is 7.56. The molecule has 0 amide bonds. The lowest BCUT2D eigenvalue weighted by Crippen LogP contribution is -2.45. The van der Waals surface area contributed by atoms with Gasteiger partial charge < -0.3 is 19.1 Å². The molecule has 0 spiro atoms. The number of hydrogen-bond donors (Lipinski definition) is 2. The first kappa shape index (κ1) is 30.5. The fraction of sp³-hybridized carbons (Fsp3) is 0.435. The molecule has 1 aliphatic rings. The van der Waals surface area contributed by atoms with Gasteiger partial charge in [0.1, 0.15) is 18.0 Å². The van der Waals surface area contributed by atoms with Crippen LogP contribution >= 0.6 is 19.4 Å². The topological polar surface area (TPSA) is 155 Å². The number of nitrogens with one attached hydrogen (secondary N) is 1. The molecule has 1 aliphatic heterocycles. The highest BCUT2D eigenvalue weighted by atomic mass is 35.5. The van der Waals surface area contributed by atoms with Crippen LogP contribution in [-0.2, 0) is 27.9 Å². The Hall–Kier alpha value is -3.05. The van der Waals surface area contributed by atoms with Gasteiger partial charge in [-0.1, -0.05) is 18.2 Å². The van der Waals surface area contributed by atoms with Crippen LogP contribution < -0.4 is 15.8 Å². The normalized spacial score (nSPS) is 24.9. The van der Waals surface area contributed by atoms with E-state index in [-0.39, 0.29) is 5.75 Å². The average Bonchev–Trinajstić information content (AvgIpc) is 3.10. The van der Waals surface area contributed by atoms with E-state index in [1.807, 2.05) is 5.92 Å². The zero-order chi connectivity index (χ0) is 29.0. The maximum Gasteiger partial charge on any atom is 0.530 e. The highest BCUT2D eigenvalue weighted by Gasteiger charge is 2.58. The molecule has 1 fully saturated rings. The number of para-hydroxylation sites is 1. The fourth-order valence-corrected chi connectivity index (χ4v) is 4.90. The van der Waals surface area contributed by atoms with E-state index >= 15 is 4.39 Å². The summed E-state index contributed by atoms with van der Waals surface area (Å²) in [7, 11) is -4.70. The SMILES string of the molecule is CC(C)OC(=O)[C@H](C)OP(=O)(OC[C@H]1O[C@@H](n2cc(F)c(=O)[nH]c2=O)C(F)(C#CCl)[C@H]1O)Oc1ccccc1. The molecule has 6 atom stereocenters. The highest BCUT2D eigenvalue weighted by molar-refractivity contribution is 7.49. The van der Waals surface area contributed by atoms with Gasteiger partial charge in [0.15, 0.2) is 12.3 Å². The van der Waals surface area contributed by atoms with E-state index in [1.54, 1.807) is 42.4 Å². The number of phosphoric ester groups is 1. The second-order valence-corrected chi connectivity index (χ2v) is 10.2. The highest BCUT2D eigenvalue weighted by Crippen LogP contribution is 2.52. The number of ether oxygens (including phenoxy) is 2. The third-order valence-electron chi connectivity index (χ3n) is 5.19. The first-order chi connectivity index (χ1) is 18.3. The zero-order valence-electron chi connectivity index (χ0n) is 20.7. The summed E-state index contributed by atoms with van der Waals surface area (Å²) in [5.74, 6) is -0.463. The summed E-state index contributed by atoms with van der Waals surface area (Å²) < 4.78 is 69.9. The summed E-state index contributed by atoms with van der Waals surface area (Å²) in [5, 5.41) is 12.4. The number of phosphoric acid groups is 1. The number of benzene rings is 1. The molecule has 2 heterocycles. The van der Waals surface area contributed by atoms with Crippen LogP contribution in [0.25, 0.3) is 0 Å². The third kappa shape index (κ3) is 7.13. The van der Waals surface area contributed by atoms with Gasteiger partial charge in [-0.3, -0.25) is 23.4 Å². The molecule has 0 saturated carbocycles. The first-order valence-electron chi connectivity index (χ1n) is 11.3. The molecule has 2 aromatic rings. The third-order valence-corrected chi connectivity index (χ3v) is 6.76. The Balaban J connectivity index is 1.89. The first-order valence-corrected chi connectivity index (χ1v) is 13.2. The number of carbonyl (C=O) groups is 1. The molecule has 0 radical (unpaired) electrons. The standard InChI is InChI=1S/C23H24ClF2N2O10P/c1-13(2)35-20(31)14(3)37-39(33,38-15-7-5-4-6-8-15)34-12-17-18(29)23(26,9-10-24)21(36-17)28-11-16(25)19(30)27-22(28)32/h4-8,11,13-14,17-18,21,29H,12H2,1-3H3,(H,27,30,32)/t14-,17+,18-,21+,23?,39?/m0/s1. The summed E-state index contributed by atoms with van der Waals surface area (Å²) in [4.78, 5) is 37.5. The van der Waals surface area contributed by atoms with Crippen molar-refractivity contribution in [2.24, 2.45) is 0 Å². The maximum atomic E-state index is 15.9. The van der Waals surface area contributed by atoms with Crippen LogP contribution in [0.1, 0.15) is 27.0 Å². The second-order valence-electron chi connectivity index (χ2n) is 8.48. The molecule has 12 nitrogen and oxygen atoms in total. The van der Waals surface area contributed by atoms with E-state index in [2.05, 4.69) is 0 Å². The average molecular weight is 593 g/mol. The Morgan fingerprint density at radius 2 is 1.97 bits per heavy atom. The van der Waals surface area contributed by atoms with Crippen molar-refractivity contribution in [1.29, 1.82) is 0 Å². The fourth-order valence-electron chi connectivity index (χ4n) is 3.42. The number of halogens is 3. The molecular weight excluding hydrogens is 569 g/mol. The maximum absolute atomic E-state index is 15.9. The van der Waals surface area contributed by atoms with Gasteiger partial charge in [0.05, 0.1) is 18.9 Å². The number of hydrogen-bond acceptors (Lipinski definition) is 10. The van der Waals surface area contributed by atoms with E-state index in [0.717, 1.165) is 0 Å². The number of aromatic amines is 1. The van der Waals surface area contributed by atoms with Crippen molar-refractivity contribution in [3.63, 3.8) is 0 Å². The van der Waals surface area contributed by atoms with Crippen molar-refractivity contribution in [3.8, 4) is 17.0 Å². The van der Waals surface area contributed by atoms with Crippen molar-refractivity contribution in [2.75, 3.05) is 6.61 Å². The monoisotopic (exact) mass is 592 g/mol. The molecule has 1 saturated heterocycles. The van der Waals surface area contributed by atoms with Gasteiger partial charge in [0.25, 0.3) is 5.56 Å². The lowest BCUT2D eigenvalue weighted by molar-refractivity contribution is -0.156. The number of nitrogens with zero attached hydrogens (tertiary/aromatic N) is 1. The number of H-pyrrole nitrogens is 1. The van der Waals surface area contributed by atoms with Gasteiger partial charge in [-0.05, 0) is 50.4 Å². The van der Waals surface area contributed by atoms with Gasteiger partial charge in [0, 0.05) is 5.38 Å². The second kappa shape index (κ2) is 12.4. The van der Waals surface area contributed by atoms with Crippen LogP contribution in [0, 0.1) is 17.1 Å². The van der Waals surface area contributed by atoms with E-state index < -0.39 is 73.8 Å². The Bertz CT molecular complexity index is 1410. The molecule has 0 bridgehead atoms. The van der Waals surface area contributed by atoms with E-state index in [4.69, 9.17) is 34.6 Å². The van der Waals surface area contributed by atoms with E-state index in [9.17, 15) is 28.4 Å². The van der Waals surface area contributed by atoms with Gasteiger partial charge in [-0.25, -0.2) is 18.5 Å². The molecule has 2 N–H and O–H groups in total. The summed E-state index contributed by atoms with van der Waals surface area (Å²) in [6.07, 6.45) is -7.64. The summed E-state index contributed by atoms with van der Waals surface area (Å²) in [6.45, 7) is 3.50. The van der Waals surface area contributed by atoms with Gasteiger partial charge in [-0.15, -0.1) is 0 Å². The van der Waals surface area contributed by atoms with Gasteiger partial charge in [0.2, 0.25) is 11.5 Å². The molecule has 3 rings (SSSR count). The molecular formula is C23H24ClF2N2O10P. The van der Waals surface area contributed by atoms with Crippen LogP contribution in [-0.4, -0.2) is 57.3 Å². The van der Waals surface area contributed by atoms with Gasteiger partial charge >= 0.3 is 19.5 Å². The van der Waals surface area contributed by atoms with Crippen LogP contribution in [0.15, 0.2) is 46.1 Å². The zero-order valence-corrected chi connectivity index (χ0v) is 22.4. The Kier molecular flexibility index (Phi) is 9.71. The number of rotatable bonds is 10. The van der Waals surface area contributed by atoms with Crippen LogP contribution in [0.3, 0.4) is 0 Å². The minimum absolute atomic E-state index is 0.0131. The lowest BCUT2D eigenvalue weighted by atomic mass is 9.97. The quantitative estimate of drug-likeness (QED) is 0.239. The van der Waals surface area contributed by atoms with Crippen molar-refractivity contribution in [1.82, 2.24) is 9.55 Å². The molecule has 39 heavy (non-hydrogen) atoms. The smallest absolute Gasteiger partial charge is 0.461 e. The Morgan fingerprint density at radius 1 is 1.31 bits per heavy atom. The number of alkyl halides is 1. The predicted octanol–water partition coefficient (Wildman–Crippen LogP) is 2.40. The number of esters is 1. The van der Waals surface area contributed by atoms with Gasteiger partial charge in [-0.2, -0.15) is 4.39 Å². The summed E-state index contributed by atoms with van der Waals surface area (Å²) in [5.41, 5.74) is -5.77. The van der Waals surface area contributed by atoms with E-state index in [0.29, 0.717) is 10.8 Å². The lowest BCUT2D eigenvalue weighted by Gasteiger charge is -2.24. The molecule has 1 aromatic heterocycles. The Morgan fingerprint density at radius 3 is 2.59 bits per heavy atom. The number of carbonyl (C=O) groups excluding carboxylic acids is 1. The Labute approximate surface area is 225 Å². The minimum Gasteiger partial charge on any atom is -0.461 e. The van der Waals surface area contributed by atoms with Crippen molar-refractivity contribution < 1.29 is 46.3 Å². The van der Waals surface area contributed by atoms with Crippen molar-refractivity contribution in [2.45, 2.75) is 57.1 Å². The van der Waals surface area contributed by atoms with E-state index in [1.165, 1.54) is 19.1 Å². The minimum atomic E-state index is -4.70. The predicted molar refractivity (Wildman–Crippen MR) is 131 cm³/mol. The van der Waals surface area contributed by atoms with Crippen LogP contribution in [0.4, 0.5) is 8.78 Å². The van der Waals surface area contributed by atoms with Crippen molar-refractivity contribution >= 4 is 25.4 Å². The molecule has 16 heteroatoms.